The van der Waals surface area contributed by atoms with Gasteiger partial charge in [0.05, 0.1) is 5.25 Å². The molecule has 1 N–H and O–H groups in total. The quantitative estimate of drug-likeness (QED) is 0.650. The third-order valence-corrected chi connectivity index (χ3v) is 5.11. The van der Waals surface area contributed by atoms with Crippen LogP contribution >= 0.6 is 11.8 Å². The molecule has 3 rings (SSSR count). The van der Waals surface area contributed by atoms with Gasteiger partial charge in [0.15, 0.2) is 11.0 Å². The molecule has 26 heavy (non-hydrogen) atoms. The van der Waals surface area contributed by atoms with E-state index in [-0.39, 0.29) is 11.2 Å². The van der Waals surface area contributed by atoms with Crippen molar-refractivity contribution in [2.75, 3.05) is 6.54 Å². The number of hydrogen-bond acceptors (Lipinski definition) is 5. The van der Waals surface area contributed by atoms with E-state index in [0.29, 0.717) is 11.7 Å². The number of hydrogen-bond donors (Lipinski definition) is 1. The summed E-state index contributed by atoms with van der Waals surface area (Å²) in [6, 6.07) is 13.9. The van der Waals surface area contributed by atoms with Crippen LogP contribution in [0.1, 0.15) is 12.5 Å². The highest BCUT2D eigenvalue weighted by atomic mass is 32.2. The van der Waals surface area contributed by atoms with Crippen LogP contribution < -0.4 is 5.32 Å². The van der Waals surface area contributed by atoms with Crippen LogP contribution in [-0.2, 0) is 18.3 Å². The summed E-state index contributed by atoms with van der Waals surface area (Å²) in [5.41, 5.74) is 2.16. The number of carbonyl (C=O) groups excluding carboxylic acids is 1. The van der Waals surface area contributed by atoms with E-state index < -0.39 is 0 Å². The first-order valence-electron chi connectivity index (χ1n) is 8.43. The van der Waals surface area contributed by atoms with Crippen LogP contribution in [-0.4, -0.2) is 37.5 Å². The predicted molar refractivity (Wildman–Crippen MR) is 103 cm³/mol. The minimum atomic E-state index is -0.251. The summed E-state index contributed by atoms with van der Waals surface area (Å²) >= 11 is 1.40. The first-order valence-corrected chi connectivity index (χ1v) is 9.31. The molecule has 0 saturated carbocycles. The zero-order chi connectivity index (χ0) is 18.4. The maximum Gasteiger partial charge on any atom is 0.233 e. The number of nitrogens with zero attached hydrogens (tertiary/aromatic N) is 4. The summed E-state index contributed by atoms with van der Waals surface area (Å²) in [6.45, 7) is 2.50. The topological polar surface area (TPSA) is 72.7 Å². The van der Waals surface area contributed by atoms with Gasteiger partial charge in [-0.25, -0.2) is 0 Å². The molecule has 1 aromatic carbocycles. The van der Waals surface area contributed by atoms with Gasteiger partial charge >= 0.3 is 0 Å². The van der Waals surface area contributed by atoms with E-state index in [0.717, 1.165) is 17.8 Å². The Morgan fingerprint density at radius 2 is 1.88 bits per heavy atom. The fourth-order valence-electron chi connectivity index (χ4n) is 2.50. The number of carbonyl (C=O) groups is 1. The lowest BCUT2D eigenvalue weighted by Crippen LogP contribution is -2.32. The van der Waals surface area contributed by atoms with Crippen molar-refractivity contribution in [2.24, 2.45) is 7.05 Å². The third-order valence-electron chi connectivity index (χ3n) is 3.98. The second-order valence-electron chi connectivity index (χ2n) is 5.89. The van der Waals surface area contributed by atoms with Crippen molar-refractivity contribution in [3.05, 3.63) is 60.4 Å². The summed E-state index contributed by atoms with van der Waals surface area (Å²) in [6.07, 6.45) is 4.26. The molecule has 0 bridgehead atoms. The molecule has 0 aliphatic heterocycles. The van der Waals surface area contributed by atoms with Crippen LogP contribution in [0.5, 0.6) is 0 Å². The molecule has 0 radical (unpaired) electrons. The molecule has 6 nitrogen and oxygen atoms in total. The average molecular weight is 367 g/mol. The molecular formula is C19H21N5OS. The molecule has 2 aromatic heterocycles. The Balaban J connectivity index is 1.55. The summed E-state index contributed by atoms with van der Waals surface area (Å²) in [5.74, 6) is 0.756. The van der Waals surface area contributed by atoms with Crippen LogP contribution in [0.25, 0.3) is 11.4 Å². The van der Waals surface area contributed by atoms with Gasteiger partial charge in [0, 0.05) is 31.5 Å². The zero-order valence-electron chi connectivity index (χ0n) is 14.8. The zero-order valence-corrected chi connectivity index (χ0v) is 15.6. The van der Waals surface area contributed by atoms with Gasteiger partial charge in [-0.2, -0.15) is 0 Å². The van der Waals surface area contributed by atoms with Gasteiger partial charge in [-0.1, -0.05) is 42.1 Å². The summed E-state index contributed by atoms with van der Waals surface area (Å²) in [5, 5.41) is 11.9. The second kappa shape index (κ2) is 8.62. The summed E-state index contributed by atoms with van der Waals surface area (Å²) < 4.78 is 1.90. The molecule has 0 fully saturated rings. The van der Waals surface area contributed by atoms with Crippen molar-refractivity contribution >= 4 is 17.7 Å². The molecule has 0 aliphatic rings. The lowest BCUT2D eigenvalue weighted by atomic mass is 10.1. The standard InChI is InChI=1S/C19H21N5OS/c1-14(18(25)21-13-8-15-6-4-3-5-7-15)26-19-23-22-17(24(19)2)16-9-11-20-12-10-16/h3-7,9-12,14H,8,13H2,1-2H3,(H,21,25)/t14-/m1/s1. The number of benzene rings is 1. The second-order valence-corrected chi connectivity index (χ2v) is 7.20. The van der Waals surface area contributed by atoms with Crippen LogP contribution in [0.4, 0.5) is 0 Å². The molecule has 7 heteroatoms. The third kappa shape index (κ3) is 4.49. The smallest absolute Gasteiger partial charge is 0.233 e. The molecular weight excluding hydrogens is 346 g/mol. The lowest BCUT2D eigenvalue weighted by Gasteiger charge is -2.11. The van der Waals surface area contributed by atoms with Crippen LogP contribution in [0, 0.1) is 0 Å². The molecule has 0 unspecified atom stereocenters. The molecule has 1 atom stereocenters. The number of rotatable bonds is 7. The van der Waals surface area contributed by atoms with Gasteiger partial charge in [-0.15, -0.1) is 10.2 Å². The molecule has 134 valence electrons. The van der Waals surface area contributed by atoms with Crippen molar-refractivity contribution in [3.8, 4) is 11.4 Å². The monoisotopic (exact) mass is 367 g/mol. The molecule has 0 spiro atoms. The van der Waals surface area contributed by atoms with Crippen LogP contribution in [0.2, 0.25) is 0 Å². The molecule has 0 saturated heterocycles. The van der Waals surface area contributed by atoms with Gasteiger partial charge in [0.1, 0.15) is 0 Å². The minimum Gasteiger partial charge on any atom is -0.355 e. The highest BCUT2D eigenvalue weighted by molar-refractivity contribution is 8.00. The number of aromatic nitrogens is 4. The molecule has 2 heterocycles. The molecule has 3 aromatic rings. The Kier molecular flexibility index (Phi) is 6.01. The first-order chi connectivity index (χ1) is 12.6. The maximum atomic E-state index is 12.3. The van der Waals surface area contributed by atoms with E-state index >= 15 is 0 Å². The lowest BCUT2D eigenvalue weighted by molar-refractivity contribution is -0.120. The number of thioether (sulfide) groups is 1. The van der Waals surface area contributed by atoms with Gasteiger partial charge < -0.3 is 9.88 Å². The van der Waals surface area contributed by atoms with E-state index in [1.807, 2.05) is 48.9 Å². The van der Waals surface area contributed by atoms with Crippen molar-refractivity contribution in [1.29, 1.82) is 0 Å². The SMILES string of the molecule is C[C@@H](Sc1nnc(-c2ccncc2)n1C)C(=O)NCCc1ccccc1. The van der Waals surface area contributed by atoms with Crippen molar-refractivity contribution in [1.82, 2.24) is 25.1 Å². The predicted octanol–water partition coefficient (Wildman–Crippen LogP) is 2.72. The first kappa shape index (κ1) is 18.1. The number of amides is 1. The van der Waals surface area contributed by atoms with Crippen LogP contribution in [0.3, 0.4) is 0 Å². The fourth-order valence-corrected chi connectivity index (χ4v) is 3.34. The Labute approximate surface area is 157 Å². The minimum absolute atomic E-state index is 0.000563. The molecule has 0 aliphatic carbocycles. The van der Waals surface area contributed by atoms with Crippen molar-refractivity contribution < 1.29 is 4.79 Å². The highest BCUT2D eigenvalue weighted by Crippen LogP contribution is 2.25. The van der Waals surface area contributed by atoms with Gasteiger partial charge in [-0.05, 0) is 31.0 Å². The van der Waals surface area contributed by atoms with Gasteiger partial charge in [-0.3, -0.25) is 9.78 Å². The summed E-state index contributed by atoms with van der Waals surface area (Å²) in [7, 11) is 1.90. The Bertz CT molecular complexity index is 851. The van der Waals surface area contributed by atoms with Gasteiger partial charge in [0.25, 0.3) is 0 Å². The highest BCUT2D eigenvalue weighted by Gasteiger charge is 2.19. The largest absolute Gasteiger partial charge is 0.355 e. The Morgan fingerprint density at radius 3 is 2.62 bits per heavy atom. The van der Waals surface area contributed by atoms with Gasteiger partial charge in [0.2, 0.25) is 5.91 Å². The van der Waals surface area contributed by atoms with Crippen LogP contribution in [0.15, 0.2) is 60.0 Å². The average Bonchev–Trinajstić information content (AvgIpc) is 3.03. The Morgan fingerprint density at radius 1 is 1.15 bits per heavy atom. The maximum absolute atomic E-state index is 12.3. The van der Waals surface area contributed by atoms with Crippen molar-refractivity contribution in [2.45, 2.75) is 23.8 Å². The van der Waals surface area contributed by atoms with Crippen molar-refractivity contribution in [3.63, 3.8) is 0 Å². The van der Waals surface area contributed by atoms with E-state index in [1.165, 1.54) is 17.3 Å². The van der Waals surface area contributed by atoms with E-state index in [2.05, 4.69) is 32.6 Å². The fraction of sp³-hybridized carbons (Fsp3) is 0.263. The normalized spacial score (nSPS) is 11.9. The summed E-state index contributed by atoms with van der Waals surface area (Å²) in [4.78, 5) is 16.3. The Hall–Kier alpha value is -2.67. The van der Waals surface area contributed by atoms with E-state index in [9.17, 15) is 4.79 Å². The number of nitrogens with one attached hydrogen (secondary N) is 1. The van der Waals surface area contributed by atoms with E-state index in [1.54, 1.807) is 12.4 Å². The molecule has 1 amide bonds. The number of pyridine rings is 1. The van der Waals surface area contributed by atoms with E-state index in [4.69, 9.17) is 0 Å².